The molecule has 0 spiro atoms. The number of carbonyl (C=O) groups excluding carboxylic acids is 1. The molecule has 6 heteroatoms. The highest BCUT2D eigenvalue weighted by molar-refractivity contribution is 5.67. The first-order valence-electron chi connectivity index (χ1n) is 6.56. The molecule has 0 aliphatic carbocycles. The molecular formula is C15H20N2O4. The van der Waals surface area contributed by atoms with Crippen LogP contribution in [-0.2, 0) is 4.74 Å². The van der Waals surface area contributed by atoms with Crippen molar-refractivity contribution in [3.8, 4) is 6.07 Å². The summed E-state index contributed by atoms with van der Waals surface area (Å²) in [5, 5.41) is 31.1. The molecule has 3 N–H and O–H groups in total. The van der Waals surface area contributed by atoms with Crippen LogP contribution in [0, 0.1) is 11.3 Å². The van der Waals surface area contributed by atoms with E-state index in [2.05, 4.69) is 5.32 Å². The summed E-state index contributed by atoms with van der Waals surface area (Å²) in [6.45, 7) is 5.02. The number of aliphatic hydroxyl groups excluding tert-OH is 2. The van der Waals surface area contributed by atoms with E-state index in [0.29, 0.717) is 11.1 Å². The fourth-order valence-electron chi connectivity index (χ4n) is 1.63. The summed E-state index contributed by atoms with van der Waals surface area (Å²) in [5.41, 5.74) is 0.167. The molecule has 0 bridgehead atoms. The van der Waals surface area contributed by atoms with Crippen molar-refractivity contribution in [1.29, 1.82) is 5.26 Å². The summed E-state index contributed by atoms with van der Waals surface area (Å²) in [6.07, 6.45) is -3.07. The van der Waals surface area contributed by atoms with E-state index in [4.69, 9.17) is 10.00 Å². The first-order chi connectivity index (χ1) is 9.73. The van der Waals surface area contributed by atoms with Gasteiger partial charge in [-0.25, -0.2) is 4.79 Å². The second-order valence-corrected chi connectivity index (χ2v) is 5.63. The van der Waals surface area contributed by atoms with E-state index in [0.717, 1.165) is 0 Å². The zero-order chi connectivity index (χ0) is 16.0. The number of ether oxygens (including phenoxy) is 1. The summed E-state index contributed by atoms with van der Waals surface area (Å²) >= 11 is 0. The van der Waals surface area contributed by atoms with Crippen molar-refractivity contribution in [3.63, 3.8) is 0 Å². The Labute approximate surface area is 124 Å². The van der Waals surface area contributed by atoms with Crippen molar-refractivity contribution in [1.82, 2.24) is 5.32 Å². The number of alkyl carbamates (subject to hydrolysis) is 1. The number of hydrogen-bond donors (Lipinski definition) is 3. The normalized spacial score (nSPS) is 13.9. The maximum Gasteiger partial charge on any atom is 0.407 e. The van der Waals surface area contributed by atoms with Crippen LogP contribution in [0.4, 0.5) is 4.79 Å². The smallest absolute Gasteiger partial charge is 0.407 e. The molecular weight excluding hydrogens is 272 g/mol. The third-order valence-electron chi connectivity index (χ3n) is 2.58. The number of amides is 1. The van der Waals surface area contributed by atoms with Crippen LogP contribution in [-0.4, -0.2) is 34.6 Å². The molecule has 0 aromatic heterocycles. The van der Waals surface area contributed by atoms with Crippen molar-refractivity contribution >= 4 is 6.09 Å². The Balaban J connectivity index is 2.57. The van der Waals surface area contributed by atoms with Crippen LogP contribution in [0.3, 0.4) is 0 Å². The molecule has 2 unspecified atom stereocenters. The van der Waals surface area contributed by atoms with Crippen LogP contribution in [0.5, 0.6) is 0 Å². The van der Waals surface area contributed by atoms with E-state index in [1.807, 2.05) is 6.07 Å². The van der Waals surface area contributed by atoms with Crippen molar-refractivity contribution in [2.75, 3.05) is 6.54 Å². The number of hydrogen-bond acceptors (Lipinski definition) is 5. The highest BCUT2D eigenvalue weighted by Crippen LogP contribution is 2.18. The van der Waals surface area contributed by atoms with Gasteiger partial charge in [0.2, 0.25) is 0 Å². The van der Waals surface area contributed by atoms with E-state index in [9.17, 15) is 15.0 Å². The van der Waals surface area contributed by atoms with Gasteiger partial charge in [-0.1, -0.05) is 12.1 Å². The zero-order valence-electron chi connectivity index (χ0n) is 12.3. The summed E-state index contributed by atoms with van der Waals surface area (Å²) < 4.78 is 5.02. The van der Waals surface area contributed by atoms with Crippen LogP contribution < -0.4 is 5.32 Å². The molecule has 6 nitrogen and oxygen atoms in total. The van der Waals surface area contributed by atoms with Gasteiger partial charge in [0.05, 0.1) is 11.6 Å². The van der Waals surface area contributed by atoms with Crippen LogP contribution in [0.1, 0.15) is 38.0 Å². The molecule has 0 saturated carbocycles. The SMILES string of the molecule is CC(C)(C)OC(=O)NCC(O)C(O)c1cccc(C#N)c1. The first kappa shape index (κ1) is 17.0. The Bertz CT molecular complexity index is 531. The maximum absolute atomic E-state index is 11.5. The molecule has 21 heavy (non-hydrogen) atoms. The van der Waals surface area contributed by atoms with Gasteiger partial charge in [0, 0.05) is 6.54 Å². The maximum atomic E-state index is 11.5. The van der Waals surface area contributed by atoms with Gasteiger partial charge in [0.15, 0.2) is 0 Å². The van der Waals surface area contributed by atoms with Gasteiger partial charge >= 0.3 is 6.09 Å². The predicted molar refractivity (Wildman–Crippen MR) is 76.4 cm³/mol. The van der Waals surface area contributed by atoms with Gasteiger partial charge in [0.25, 0.3) is 0 Å². The van der Waals surface area contributed by atoms with Crippen LogP contribution in [0.15, 0.2) is 24.3 Å². The number of benzene rings is 1. The fraction of sp³-hybridized carbons (Fsp3) is 0.467. The first-order valence-corrected chi connectivity index (χ1v) is 6.56. The summed E-state index contributed by atoms with van der Waals surface area (Å²) in [6, 6.07) is 8.26. The lowest BCUT2D eigenvalue weighted by Crippen LogP contribution is -2.38. The minimum absolute atomic E-state index is 0.160. The van der Waals surface area contributed by atoms with Crippen LogP contribution in [0.2, 0.25) is 0 Å². The Hall–Kier alpha value is -2.10. The topological polar surface area (TPSA) is 103 Å². The van der Waals surface area contributed by atoms with E-state index in [1.54, 1.807) is 39.0 Å². The molecule has 0 aliphatic heterocycles. The number of nitriles is 1. The fourth-order valence-corrected chi connectivity index (χ4v) is 1.63. The second kappa shape index (κ2) is 7.07. The van der Waals surface area contributed by atoms with Crippen LogP contribution >= 0.6 is 0 Å². The van der Waals surface area contributed by atoms with Crippen molar-refractivity contribution in [2.45, 2.75) is 38.6 Å². The minimum atomic E-state index is -1.20. The van der Waals surface area contributed by atoms with Gasteiger partial charge in [-0.05, 0) is 38.5 Å². The number of nitrogens with one attached hydrogen (secondary N) is 1. The summed E-state index contributed by atoms with van der Waals surface area (Å²) in [7, 11) is 0. The molecule has 114 valence electrons. The van der Waals surface area contributed by atoms with Gasteiger partial charge < -0.3 is 20.3 Å². The Morgan fingerprint density at radius 1 is 1.43 bits per heavy atom. The molecule has 1 aromatic rings. The van der Waals surface area contributed by atoms with E-state index in [1.165, 1.54) is 6.07 Å². The average Bonchev–Trinajstić information content (AvgIpc) is 2.42. The molecule has 2 atom stereocenters. The van der Waals surface area contributed by atoms with Crippen molar-refractivity contribution in [3.05, 3.63) is 35.4 Å². The number of nitrogens with zero attached hydrogens (tertiary/aromatic N) is 1. The van der Waals surface area contributed by atoms with Gasteiger partial charge in [-0.2, -0.15) is 5.26 Å². The largest absolute Gasteiger partial charge is 0.444 e. The monoisotopic (exact) mass is 292 g/mol. The van der Waals surface area contributed by atoms with Gasteiger partial charge in [0.1, 0.15) is 17.8 Å². The third-order valence-corrected chi connectivity index (χ3v) is 2.58. The highest BCUT2D eigenvalue weighted by atomic mass is 16.6. The molecule has 1 amide bonds. The minimum Gasteiger partial charge on any atom is -0.444 e. The average molecular weight is 292 g/mol. The second-order valence-electron chi connectivity index (χ2n) is 5.63. The van der Waals surface area contributed by atoms with E-state index in [-0.39, 0.29) is 6.54 Å². The molecule has 1 rings (SSSR count). The van der Waals surface area contributed by atoms with Crippen molar-refractivity contribution in [2.24, 2.45) is 0 Å². The Morgan fingerprint density at radius 2 is 2.10 bits per heavy atom. The predicted octanol–water partition coefficient (Wildman–Crippen LogP) is 1.48. The summed E-state index contributed by atoms with van der Waals surface area (Å²) in [4.78, 5) is 11.5. The molecule has 0 heterocycles. The van der Waals surface area contributed by atoms with Crippen molar-refractivity contribution < 1.29 is 19.7 Å². The summed E-state index contributed by atoms with van der Waals surface area (Å²) in [5.74, 6) is 0. The number of carbonyl (C=O) groups is 1. The van der Waals surface area contributed by atoms with E-state index >= 15 is 0 Å². The number of aliphatic hydroxyl groups is 2. The Kier molecular flexibility index (Phi) is 5.70. The lowest BCUT2D eigenvalue weighted by Gasteiger charge is -2.22. The lowest BCUT2D eigenvalue weighted by molar-refractivity contribution is 0.0129. The van der Waals surface area contributed by atoms with Gasteiger partial charge in [-0.15, -0.1) is 0 Å². The zero-order valence-corrected chi connectivity index (χ0v) is 12.3. The van der Waals surface area contributed by atoms with Gasteiger partial charge in [-0.3, -0.25) is 0 Å². The molecule has 0 radical (unpaired) electrons. The van der Waals surface area contributed by atoms with Crippen LogP contribution in [0.25, 0.3) is 0 Å². The molecule has 1 aromatic carbocycles. The highest BCUT2D eigenvalue weighted by Gasteiger charge is 2.21. The number of rotatable bonds is 4. The molecule has 0 saturated heterocycles. The molecule has 0 fully saturated rings. The quantitative estimate of drug-likeness (QED) is 0.780. The molecule has 0 aliphatic rings. The standard InChI is InChI=1S/C15H20N2O4/c1-15(2,3)21-14(20)17-9-12(18)13(19)11-6-4-5-10(7-11)8-16/h4-7,12-13,18-19H,9H2,1-3H3,(H,17,20). The third kappa shape index (κ3) is 5.81. The lowest BCUT2D eigenvalue weighted by atomic mass is 10.0. The Morgan fingerprint density at radius 3 is 2.67 bits per heavy atom. The van der Waals surface area contributed by atoms with E-state index < -0.39 is 23.9 Å².